The number of aromatic hydroxyl groups is 1. The first kappa shape index (κ1) is 8.97. The molecule has 0 amide bonds. The normalized spacial score (nSPS) is 10.8. The molecule has 0 spiro atoms. The van der Waals surface area contributed by atoms with Crippen molar-refractivity contribution in [3.05, 3.63) is 28.8 Å². The van der Waals surface area contributed by atoms with Gasteiger partial charge in [0, 0.05) is 0 Å². The number of aryl methyl sites for hydroxylation is 1. The smallest absolute Gasteiger partial charge is 0.267 e. The molecule has 0 fully saturated rings. The summed E-state index contributed by atoms with van der Waals surface area (Å²) < 4.78 is 24.4. The molecule has 0 aliphatic carbocycles. The number of hydrogen-bond acceptors (Lipinski definition) is 1. The summed E-state index contributed by atoms with van der Waals surface area (Å²) in [6.07, 6.45) is -2.61. The first-order valence-electron chi connectivity index (χ1n) is 3.61. The molecular formula is C9H10F2O. The van der Waals surface area contributed by atoms with Crippen molar-refractivity contribution in [3.63, 3.8) is 0 Å². The van der Waals surface area contributed by atoms with Crippen molar-refractivity contribution in [1.29, 1.82) is 0 Å². The van der Waals surface area contributed by atoms with E-state index < -0.39 is 6.43 Å². The Balaban J connectivity index is 3.27. The van der Waals surface area contributed by atoms with Crippen molar-refractivity contribution < 1.29 is 13.9 Å². The third-order valence-electron chi connectivity index (χ3n) is 1.97. The van der Waals surface area contributed by atoms with Crippen molar-refractivity contribution in [2.45, 2.75) is 20.3 Å². The van der Waals surface area contributed by atoms with Gasteiger partial charge in [-0.15, -0.1) is 0 Å². The van der Waals surface area contributed by atoms with E-state index in [1.807, 2.05) is 0 Å². The number of benzene rings is 1. The van der Waals surface area contributed by atoms with Crippen LogP contribution in [0.2, 0.25) is 0 Å². The summed E-state index contributed by atoms with van der Waals surface area (Å²) in [5.41, 5.74) is 1.04. The van der Waals surface area contributed by atoms with Gasteiger partial charge >= 0.3 is 0 Å². The molecule has 1 aromatic carbocycles. The lowest BCUT2D eigenvalue weighted by atomic mass is 10.0. The van der Waals surface area contributed by atoms with Crippen molar-refractivity contribution in [2.75, 3.05) is 0 Å². The van der Waals surface area contributed by atoms with E-state index in [2.05, 4.69) is 0 Å². The molecule has 0 bridgehead atoms. The molecule has 0 unspecified atom stereocenters. The Labute approximate surface area is 69.7 Å². The van der Waals surface area contributed by atoms with Crippen LogP contribution >= 0.6 is 0 Å². The van der Waals surface area contributed by atoms with Gasteiger partial charge in [-0.3, -0.25) is 0 Å². The van der Waals surface area contributed by atoms with Crippen LogP contribution in [-0.4, -0.2) is 5.11 Å². The minimum Gasteiger partial charge on any atom is -0.507 e. The van der Waals surface area contributed by atoms with Gasteiger partial charge in [0.05, 0.1) is 5.56 Å². The van der Waals surface area contributed by atoms with E-state index in [4.69, 9.17) is 0 Å². The zero-order chi connectivity index (χ0) is 9.30. The standard InChI is InChI=1S/C9H10F2O/c1-5-3-4-7(9(10)11)8(12)6(5)2/h3-4,9,12H,1-2H3. The van der Waals surface area contributed by atoms with E-state index in [0.717, 1.165) is 5.56 Å². The molecule has 0 aliphatic rings. The monoisotopic (exact) mass is 172 g/mol. The fourth-order valence-electron chi connectivity index (χ4n) is 0.998. The molecule has 1 aromatic rings. The van der Waals surface area contributed by atoms with Gasteiger partial charge in [0.25, 0.3) is 6.43 Å². The minimum atomic E-state index is -2.61. The van der Waals surface area contributed by atoms with Crippen LogP contribution < -0.4 is 0 Å². The van der Waals surface area contributed by atoms with Gasteiger partial charge in [-0.2, -0.15) is 0 Å². The lowest BCUT2D eigenvalue weighted by Gasteiger charge is -2.07. The average Bonchev–Trinajstić information content (AvgIpc) is 2.00. The number of phenols is 1. The molecule has 12 heavy (non-hydrogen) atoms. The zero-order valence-corrected chi connectivity index (χ0v) is 6.94. The summed E-state index contributed by atoms with van der Waals surface area (Å²) in [6.45, 7) is 3.39. The van der Waals surface area contributed by atoms with Gasteiger partial charge in [0.15, 0.2) is 0 Å². The van der Waals surface area contributed by atoms with Gasteiger partial charge in [-0.25, -0.2) is 8.78 Å². The predicted octanol–water partition coefficient (Wildman–Crippen LogP) is 2.95. The largest absolute Gasteiger partial charge is 0.507 e. The highest BCUT2D eigenvalue weighted by Gasteiger charge is 2.14. The highest BCUT2D eigenvalue weighted by molar-refractivity contribution is 5.44. The van der Waals surface area contributed by atoms with Crippen LogP contribution in [0.3, 0.4) is 0 Å². The number of rotatable bonds is 1. The fraction of sp³-hybridized carbons (Fsp3) is 0.333. The Kier molecular flexibility index (Phi) is 2.31. The van der Waals surface area contributed by atoms with Crippen LogP contribution in [0.4, 0.5) is 8.78 Å². The molecule has 1 nitrogen and oxygen atoms in total. The third kappa shape index (κ3) is 1.40. The molecule has 0 radical (unpaired) electrons. The van der Waals surface area contributed by atoms with Crippen LogP contribution in [-0.2, 0) is 0 Å². The lowest BCUT2D eigenvalue weighted by molar-refractivity contribution is 0.147. The van der Waals surface area contributed by atoms with E-state index in [1.165, 1.54) is 6.07 Å². The second-order valence-corrected chi connectivity index (χ2v) is 2.75. The molecule has 0 aliphatic heterocycles. The first-order chi connectivity index (χ1) is 5.54. The fourth-order valence-corrected chi connectivity index (χ4v) is 0.998. The molecule has 0 saturated heterocycles. The highest BCUT2D eigenvalue weighted by Crippen LogP contribution is 2.32. The quantitative estimate of drug-likeness (QED) is 0.690. The molecule has 0 atom stereocenters. The summed E-state index contributed by atoms with van der Waals surface area (Å²) in [5, 5.41) is 9.27. The summed E-state index contributed by atoms with van der Waals surface area (Å²) in [7, 11) is 0. The van der Waals surface area contributed by atoms with E-state index in [9.17, 15) is 13.9 Å². The molecule has 1 rings (SSSR count). The highest BCUT2D eigenvalue weighted by atomic mass is 19.3. The van der Waals surface area contributed by atoms with Crippen molar-refractivity contribution in [1.82, 2.24) is 0 Å². The van der Waals surface area contributed by atoms with Crippen LogP contribution in [0, 0.1) is 13.8 Å². The molecule has 3 heteroatoms. The van der Waals surface area contributed by atoms with E-state index >= 15 is 0 Å². The second kappa shape index (κ2) is 3.09. The predicted molar refractivity (Wildman–Crippen MR) is 42.5 cm³/mol. The van der Waals surface area contributed by atoms with Gasteiger partial charge in [-0.05, 0) is 31.0 Å². The first-order valence-corrected chi connectivity index (χ1v) is 3.61. The van der Waals surface area contributed by atoms with E-state index in [-0.39, 0.29) is 11.3 Å². The van der Waals surface area contributed by atoms with Gasteiger partial charge in [0.2, 0.25) is 0 Å². The summed E-state index contributed by atoms with van der Waals surface area (Å²) in [6, 6.07) is 2.83. The van der Waals surface area contributed by atoms with Gasteiger partial charge in [-0.1, -0.05) is 6.07 Å². The molecule has 66 valence electrons. The van der Waals surface area contributed by atoms with Crippen LogP contribution in [0.25, 0.3) is 0 Å². The molecule has 0 heterocycles. The van der Waals surface area contributed by atoms with Crippen molar-refractivity contribution >= 4 is 0 Å². The second-order valence-electron chi connectivity index (χ2n) is 2.75. The Morgan fingerprint density at radius 1 is 1.25 bits per heavy atom. The summed E-state index contributed by atoms with van der Waals surface area (Å²) in [4.78, 5) is 0. The minimum absolute atomic E-state index is 0.287. The third-order valence-corrected chi connectivity index (χ3v) is 1.97. The molecule has 0 aromatic heterocycles. The molecular weight excluding hydrogens is 162 g/mol. The van der Waals surface area contributed by atoms with Gasteiger partial charge in [0.1, 0.15) is 5.75 Å². The van der Waals surface area contributed by atoms with Crippen molar-refractivity contribution in [2.24, 2.45) is 0 Å². The average molecular weight is 172 g/mol. The topological polar surface area (TPSA) is 20.2 Å². The Hall–Kier alpha value is -1.12. The zero-order valence-electron chi connectivity index (χ0n) is 6.94. The number of halogens is 2. The SMILES string of the molecule is Cc1ccc(C(F)F)c(O)c1C. The van der Waals surface area contributed by atoms with Crippen LogP contribution in [0.15, 0.2) is 12.1 Å². The van der Waals surface area contributed by atoms with Gasteiger partial charge < -0.3 is 5.11 Å². The number of alkyl halides is 2. The molecule has 0 saturated carbocycles. The van der Waals surface area contributed by atoms with Crippen LogP contribution in [0.5, 0.6) is 5.75 Å². The maximum Gasteiger partial charge on any atom is 0.267 e. The Morgan fingerprint density at radius 3 is 2.33 bits per heavy atom. The van der Waals surface area contributed by atoms with Crippen LogP contribution in [0.1, 0.15) is 23.1 Å². The number of phenolic OH excluding ortho intramolecular Hbond substituents is 1. The Morgan fingerprint density at radius 2 is 1.83 bits per heavy atom. The lowest BCUT2D eigenvalue weighted by Crippen LogP contribution is -1.90. The van der Waals surface area contributed by atoms with E-state index in [1.54, 1.807) is 19.9 Å². The maximum absolute atomic E-state index is 12.2. The Bertz CT molecular complexity index is 295. The maximum atomic E-state index is 12.2. The summed E-state index contributed by atoms with van der Waals surface area (Å²) in [5.74, 6) is -0.287. The summed E-state index contributed by atoms with van der Waals surface area (Å²) >= 11 is 0. The van der Waals surface area contributed by atoms with E-state index in [0.29, 0.717) is 5.56 Å². The molecule has 1 N–H and O–H groups in total. The number of hydrogen-bond donors (Lipinski definition) is 1. The van der Waals surface area contributed by atoms with Crippen molar-refractivity contribution in [3.8, 4) is 5.75 Å².